The van der Waals surface area contributed by atoms with Gasteiger partial charge in [-0.1, -0.05) is 42.8 Å². The van der Waals surface area contributed by atoms with Gasteiger partial charge in [0.1, 0.15) is 5.75 Å². The molecular formula is C18H26BrNO2. The Labute approximate surface area is 142 Å². The number of ether oxygens (including phenoxy) is 1. The van der Waals surface area contributed by atoms with Crippen LogP contribution < -0.4 is 9.64 Å². The summed E-state index contributed by atoms with van der Waals surface area (Å²) in [4.78, 5) is 15.0. The summed E-state index contributed by atoms with van der Waals surface area (Å²) in [5.74, 6) is 0.962. The molecule has 0 spiro atoms. The maximum atomic E-state index is 13.0. The molecule has 1 aliphatic carbocycles. The van der Waals surface area contributed by atoms with Crippen LogP contribution in [0.4, 0.5) is 5.69 Å². The van der Waals surface area contributed by atoms with E-state index < -0.39 is 5.41 Å². The number of amides is 1. The fourth-order valence-electron chi connectivity index (χ4n) is 2.82. The number of rotatable bonds is 4. The van der Waals surface area contributed by atoms with Gasteiger partial charge in [0.2, 0.25) is 5.91 Å². The lowest BCUT2D eigenvalue weighted by molar-refractivity contribution is -0.126. The van der Waals surface area contributed by atoms with Gasteiger partial charge in [0.05, 0.1) is 12.8 Å². The van der Waals surface area contributed by atoms with Gasteiger partial charge in [0.15, 0.2) is 0 Å². The fraction of sp³-hybridized carbons (Fsp3) is 0.611. The lowest BCUT2D eigenvalue weighted by atomic mass is 9.86. The average molecular weight is 368 g/mol. The second-order valence-corrected chi connectivity index (χ2v) is 7.67. The van der Waals surface area contributed by atoms with E-state index in [1.807, 2.05) is 31.7 Å². The number of aryl methyl sites for hydroxylation is 1. The third kappa shape index (κ3) is 3.32. The maximum Gasteiger partial charge on any atom is 0.232 e. The summed E-state index contributed by atoms with van der Waals surface area (Å²) in [6.07, 6.45) is 3.34. The highest BCUT2D eigenvalue weighted by atomic mass is 79.9. The number of hydrogen-bond donors (Lipinski definition) is 0. The lowest BCUT2D eigenvalue weighted by Gasteiger charge is -2.42. The number of alkyl halides is 1. The number of anilines is 1. The molecule has 0 heterocycles. The predicted octanol–water partition coefficient (Wildman–Crippen LogP) is 4.83. The van der Waals surface area contributed by atoms with Crippen LogP contribution in [0.5, 0.6) is 5.75 Å². The average Bonchev–Trinajstić information content (AvgIpc) is 2.40. The lowest BCUT2D eigenvalue weighted by Crippen LogP contribution is -2.49. The van der Waals surface area contributed by atoms with Crippen LogP contribution in [0.1, 0.15) is 51.2 Å². The van der Waals surface area contributed by atoms with Crippen molar-refractivity contribution in [2.24, 2.45) is 5.41 Å². The molecule has 3 nitrogen and oxygen atoms in total. The van der Waals surface area contributed by atoms with E-state index in [0.717, 1.165) is 40.7 Å². The summed E-state index contributed by atoms with van der Waals surface area (Å²) >= 11 is 3.49. The van der Waals surface area contributed by atoms with E-state index in [9.17, 15) is 4.79 Å². The van der Waals surface area contributed by atoms with Gasteiger partial charge in [-0.05, 0) is 43.4 Å². The largest absolute Gasteiger partial charge is 0.495 e. The fourth-order valence-corrected chi connectivity index (χ4v) is 3.14. The summed E-state index contributed by atoms with van der Waals surface area (Å²) in [5.41, 5.74) is 2.80. The molecule has 0 atom stereocenters. The molecule has 1 aliphatic rings. The van der Waals surface area contributed by atoms with Crippen molar-refractivity contribution < 1.29 is 9.53 Å². The quantitative estimate of drug-likeness (QED) is 0.713. The van der Waals surface area contributed by atoms with E-state index >= 15 is 0 Å². The van der Waals surface area contributed by atoms with Gasteiger partial charge in [-0.25, -0.2) is 0 Å². The molecule has 1 amide bonds. The van der Waals surface area contributed by atoms with Crippen molar-refractivity contribution >= 4 is 27.5 Å². The van der Waals surface area contributed by atoms with Crippen LogP contribution in [0.3, 0.4) is 0 Å². The minimum Gasteiger partial charge on any atom is -0.495 e. The zero-order chi connectivity index (χ0) is 16.5. The Morgan fingerprint density at radius 2 is 2.00 bits per heavy atom. The van der Waals surface area contributed by atoms with E-state index in [0.29, 0.717) is 6.04 Å². The van der Waals surface area contributed by atoms with Crippen LogP contribution in [0, 0.1) is 12.3 Å². The zero-order valence-corrected chi connectivity index (χ0v) is 15.8. The van der Waals surface area contributed by atoms with Gasteiger partial charge in [-0.15, -0.1) is 0 Å². The molecule has 0 unspecified atom stereocenters. The maximum absolute atomic E-state index is 13.0. The molecule has 1 fully saturated rings. The summed E-state index contributed by atoms with van der Waals surface area (Å²) in [5, 5.41) is 0.779. The Kier molecular flexibility index (Phi) is 5.21. The highest BCUT2D eigenvalue weighted by Gasteiger charge is 2.37. The zero-order valence-electron chi connectivity index (χ0n) is 14.2. The Hall–Kier alpha value is -1.03. The number of hydrogen-bond acceptors (Lipinski definition) is 2. The Bertz CT molecular complexity index is 559. The van der Waals surface area contributed by atoms with Crippen LogP contribution in [0.2, 0.25) is 0 Å². The van der Waals surface area contributed by atoms with Crippen molar-refractivity contribution in [3.8, 4) is 5.75 Å². The van der Waals surface area contributed by atoms with Crippen LogP contribution in [-0.4, -0.2) is 19.1 Å². The molecular weight excluding hydrogens is 342 g/mol. The van der Waals surface area contributed by atoms with Gasteiger partial charge >= 0.3 is 0 Å². The Morgan fingerprint density at radius 1 is 1.36 bits per heavy atom. The monoisotopic (exact) mass is 367 g/mol. The van der Waals surface area contributed by atoms with Crippen LogP contribution in [0.15, 0.2) is 12.1 Å². The first-order valence-electron chi connectivity index (χ1n) is 7.86. The van der Waals surface area contributed by atoms with Gasteiger partial charge in [0.25, 0.3) is 0 Å². The number of benzene rings is 1. The number of methoxy groups -OCH3 is 1. The van der Waals surface area contributed by atoms with Gasteiger partial charge in [0, 0.05) is 16.8 Å². The van der Waals surface area contributed by atoms with Gasteiger partial charge < -0.3 is 9.64 Å². The topological polar surface area (TPSA) is 29.5 Å². The van der Waals surface area contributed by atoms with Crippen molar-refractivity contribution in [2.45, 2.75) is 58.3 Å². The normalized spacial score (nSPS) is 15.4. The summed E-state index contributed by atoms with van der Waals surface area (Å²) in [6, 6.07) is 4.46. The molecule has 1 saturated carbocycles. The van der Waals surface area contributed by atoms with Crippen molar-refractivity contribution in [1.29, 1.82) is 0 Å². The number of halogens is 1. The summed E-state index contributed by atoms with van der Waals surface area (Å²) in [6.45, 7) is 8.01. The molecule has 1 aromatic rings. The van der Waals surface area contributed by atoms with Crippen molar-refractivity contribution in [3.05, 3.63) is 23.3 Å². The smallest absolute Gasteiger partial charge is 0.232 e. The van der Waals surface area contributed by atoms with Crippen LogP contribution in [-0.2, 0) is 10.1 Å². The number of carbonyl (C=O) groups is 1. The third-order valence-corrected chi connectivity index (χ3v) is 4.89. The van der Waals surface area contributed by atoms with E-state index in [1.165, 1.54) is 6.42 Å². The van der Waals surface area contributed by atoms with Gasteiger partial charge in [-0.2, -0.15) is 0 Å². The van der Waals surface area contributed by atoms with E-state index in [1.54, 1.807) is 7.11 Å². The highest BCUT2D eigenvalue weighted by molar-refractivity contribution is 9.08. The van der Waals surface area contributed by atoms with E-state index in [2.05, 4.69) is 28.9 Å². The summed E-state index contributed by atoms with van der Waals surface area (Å²) < 4.78 is 5.62. The van der Waals surface area contributed by atoms with Crippen molar-refractivity contribution in [2.75, 3.05) is 12.0 Å². The molecule has 0 aromatic heterocycles. The van der Waals surface area contributed by atoms with Gasteiger partial charge in [-0.3, -0.25) is 4.79 Å². The highest BCUT2D eigenvalue weighted by Crippen LogP contribution is 2.41. The molecule has 0 N–H and O–H groups in total. The Balaban J connectivity index is 2.54. The molecule has 0 bridgehead atoms. The van der Waals surface area contributed by atoms with Crippen LogP contribution in [0.25, 0.3) is 0 Å². The van der Waals surface area contributed by atoms with Crippen molar-refractivity contribution in [3.63, 3.8) is 0 Å². The second-order valence-electron chi connectivity index (χ2n) is 7.11. The Morgan fingerprint density at radius 3 is 2.41 bits per heavy atom. The predicted molar refractivity (Wildman–Crippen MR) is 94.9 cm³/mol. The third-order valence-electron chi connectivity index (χ3n) is 4.24. The van der Waals surface area contributed by atoms with E-state index in [4.69, 9.17) is 4.74 Å². The minimum absolute atomic E-state index is 0.171. The first kappa shape index (κ1) is 17.3. The number of nitrogens with zero attached hydrogens (tertiary/aromatic N) is 1. The molecule has 2 rings (SSSR count). The molecule has 0 saturated heterocycles. The van der Waals surface area contributed by atoms with E-state index in [-0.39, 0.29) is 5.91 Å². The molecule has 0 aliphatic heterocycles. The molecule has 122 valence electrons. The van der Waals surface area contributed by atoms with Crippen molar-refractivity contribution in [1.82, 2.24) is 0 Å². The minimum atomic E-state index is -0.402. The number of carbonyl (C=O) groups excluding carboxylic acids is 1. The molecule has 22 heavy (non-hydrogen) atoms. The van der Waals surface area contributed by atoms with Crippen LogP contribution >= 0.6 is 15.9 Å². The SMILES string of the molecule is COc1cc(CBr)cc(C)c1N(C(=O)C(C)(C)C)C1CCC1. The first-order valence-corrected chi connectivity index (χ1v) is 8.99. The molecule has 0 radical (unpaired) electrons. The summed E-state index contributed by atoms with van der Waals surface area (Å²) in [7, 11) is 1.68. The standard InChI is InChI=1S/C18H26BrNO2/c1-12-9-13(11-19)10-15(22-5)16(12)20(14-7-6-8-14)17(21)18(2,3)4/h9-10,14H,6-8,11H2,1-5H3. The molecule has 1 aromatic carbocycles. The second kappa shape index (κ2) is 6.61. The first-order chi connectivity index (χ1) is 10.3. The molecule has 4 heteroatoms.